The van der Waals surface area contributed by atoms with Crippen LogP contribution in [0.5, 0.6) is 11.5 Å². The summed E-state index contributed by atoms with van der Waals surface area (Å²) in [6.45, 7) is 1.49. The maximum absolute atomic E-state index is 12.6. The summed E-state index contributed by atoms with van der Waals surface area (Å²) in [4.78, 5) is 19.6. The van der Waals surface area contributed by atoms with Crippen molar-refractivity contribution in [3.63, 3.8) is 0 Å². The molecule has 0 radical (unpaired) electrons. The Labute approximate surface area is 215 Å². The standard InChI is InChI=1S/C28H23F3N2O5/c1-16-11-18(6-9-23(16)36-15-25(34)35)22-12-20(22)13-24-33-26(19-3-2-10-32-14-19)27(37-24)17-4-7-21(8-5-17)38-28(29,30)31/h2-11,14,20,22H,12-13,15H2,1H3,(H,34,35). The molecule has 0 spiro atoms. The van der Waals surface area contributed by atoms with Gasteiger partial charge < -0.3 is 19.0 Å². The molecule has 0 amide bonds. The van der Waals surface area contributed by atoms with E-state index in [2.05, 4.69) is 9.72 Å². The third kappa shape index (κ3) is 5.96. The number of rotatable bonds is 9. The van der Waals surface area contributed by atoms with Crippen LogP contribution in [0.4, 0.5) is 13.2 Å². The molecule has 38 heavy (non-hydrogen) atoms. The van der Waals surface area contributed by atoms with Crippen LogP contribution in [0.25, 0.3) is 22.6 Å². The van der Waals surface area contributed by atoms with E-state index in [1.807, 2.05) is 25.1 Å². The van der Waals surface area contributed by atoms with E-state index in [0.717, 1.165) is 23.1 Å². The van der Waals surface area contributed by atoms with Crippen molar-refractivity contribution < 1.29 is 37.0 Å². The molecule has 2 heterocycles. The van der Waals surface area contributed by atoms with Crippen molar-refractivity contribution in [2.75, 3.05) is 6.61 Å². The summed E-state index contributed by atoms with van der Waals surface area (Å²) in [7, 11) is 0. The Kier molecular flexibility index (Phi) is 6.79. The number of halogens is 3. The lowest BCUT2D eigenvalue weighted by Crippen LogP contribution is -2.16. The zero-order valence-corrected chi connectivity index (χ0v) is 20.2. The van der Waals surface area contributed by atoms with Gasteiger partial charge in [0.05, 0.1) is 0 Å². The van der Waals surface area contributed by atoms with Gasteiger partial charge in [0.15, 0.2) is 18.3 Å². The Hall–Kier alpha value is -4.34. The fraction of sp³-hybridized carbons (Fsp3) is 0.250. The minimum Gasteiger partial charge on any atom is -0.482 e. The monoisotopic (exact) mass is 524 g/mol. The van der Waals surface area contributed by atoms with Crippen LogP contribution in [0.15, 0.2) is 71.4 Å². The van der Waals surface area contributed by atoms with Gasteiger partial charge in [0.2, 0.25) is 0 Å². The van der Waals surface area contributed by atoms with Crippen molar-refractivity contribution in [3.05, 3.63) is 84.0 Å². The van der Waals surface area contributed by atoms with Crippen LogP contribution < -0.4 is 9.47 Å². The number of aryl methyl sites for hydroxylation is 1. The van der Waals surface area contributed by atoms with Crippen molar-refractivity contribution in [2.45, 2.75) is 32.0 Å². The van der Waals surface area contributed by atoms with Gasteiger partial charge in [-0.2, -0.15) is 0 Å². The highest BCUT2D eigenvalue weighted by molar-refractivity contribution is 5.76. The molecule has 0 bridgehead atoms. The van der Waals surface area contributed by atoms with Crippen molar-refractivity contribution in [2.24, 2.45) is 5.92 Å². The number of hydrogen-bond donors (Lipinski definition) is 1. The molecule has 0 saturated heterocycles. The van der Waals surface area contributed by atoms with Crippen LogP contribution in [-0.4, -0.2) is 34.0 Å². The molecule has 1 fully saturated rings. The van der Waals surface area contributed by atoms with Crippen LogP contribution in [0, 0.1) is 12.8 Å². The normalized spacial score (nSPS) is 16.7. The number of alkyl halides is 3. The Morgan fingerprint density at radius 1 is 1.13 bits per heavy atom. The molecule has 1 aliphatic rings. The second kappa shape index (κ2) is 10.2. The summed E-state index contributed by atoms with van der Waals surface area (Å²) >= 11 is 0. The summed E-state index contributed by atoms with van der Waals surface area (Å²) in [6, 6.07) is 14.8. The maximum atomic E-state index is 12.6. The molecule has 2 unspecified atom stereocenters. The molecule has 1 saturated carbocycles. The lowest BCUT2D eigenvalue weighted by molar-refractivity contribution is -0.274. The number of nitrogens with zero attached hydrogens (tertiary/aromatic N) is 2. The van der Waals surface area contributed by atoms with Gasteiger partial charge in [-0.05, 0) is 78.8 Å². The zero-order valence-electron chi connectivity index (χ0n) is 20.2. The maximum Gasteiger partial charge on any atom is 0.573 e. The molecule has 4 aromatic rings. The third-order valence-corrected chi connectivity index (χ3v) is 6.29. The number of pyridine rings is 1. The molecule has 2 atom stereocenters. The second-order valence-corrected chi connectivity index (χ2v) is 9.11. The number of aliphatic carboxylic acids is 1. The van der Waals surface area contributed by atoms with Gasteiger partial charge in [-0.25, -0.2) is 9.78 Å². The fourth-order valence-electron chi connectivity index (χ4n) is 4.46. The van der Waals surface area contributed by atoms with Gasteiger partial charge >= 0.3 is 12.3 Å². The van der Waals surface area contributed by atoms with Gasteiger partial charge in [0, 0.05) is 29.9 Å². The second-order valence-electron chi connectivity index (χ2n) is 9.11. The highest BCUT2D eigenvalue weighted by Gasteiger charge is 2.40. The van der Waals surface area contributed by atoms with E-state index in [4.69, 9.17) is 19.2 Å². The lowest BCUT2D eigenvalue weighted by Gasteiger charge is -2.09. The topological polar surface area (TPSA) is 94.7 Å². The van der Waals surface area contributed by atoms with Gasteiger partial charge in [-0.3, -0.25) is 4.98 Å². The molecule has 7 nitrogen and oxygen atoms in total. The van der Waals surface area contributed by atoms with Gasteiger partial charge in [-0.1, -0.05) is 12.1 Å². The molecule has 2 aromatic carbocycles. The predicted molar refractivity (Wildman–Crippen MR) is 131 cm³/mol. The molecule has 0 aliphatic heterocycles. The van der Waals surface area contributed by atoms with Crippen molar-refractivity contribution >= 4 is 5.97 Å². The average Bonchev–Trinajstić information content (AvgIpc) is 3.51. The summed E-state index contributed by atoms with van der Waals surface area (Å²) < 4.78 is 53.1. The molecule has 2 aromatic heterocycles. The number of aromatic nitrogens is 2. The number of ether oxygens (including phenoxy) is 2. The Morgan fingerprint density at radius 2 is 1.92 bits per heavy atom. The predicted octanol–water partition coefficient (Wildman–Crippen LogP) is 6.42. The zero-order chi connectivity index (χ0) is 26.9. The molecule has 5 rings (SSSR count). The van der Waals surface area contributed by atoms with Crippen LogP contribution in [0.1, 0.15) is 29.4 Å². The summed E-state index contributed by atoms with van der Waals surface area (Å²) in [6.07, 6.45) is 0.0554. The summed E-state index contributed by atoms with van der Waals surface area (Å²) in [5.74, 6) is 0.768. The molecular formula is C28H23F3N2O5. The number of benzene rings is 2. The van der Waals surface area contributed by atoms with E-state index in [1.165, 1.54) is 24.3 Å². The van der Waals surface area contributed by atoms with E-state index >= 15 is 0 Å². The summed E-state index contributed by atoms with van der Waals surface area (Å²) in [5.41, 5.74) is 3.86. The van der Waals surface area contributed by atoms with E-state index in [1.54, 1.807) is 24.5 Å². The van der Waals surface area contributed by atoms with Crippen LogP contribution in [-0.2, 0) is 11.2 Å². The smallest absolute Gasteiger partial charge is 0.482 e. The number of hydrogen-bond acceptors (Lipinski definition) is 6. The molecule has 196 valence electrons. The summed E-state index contributed by atoms with van der Waals surface area (Å²) in [5, 5.41) is 8.82. The minimum absolute atomic E-state index is 0.302. The first-order valence-corrected chi connectivity index (χ1v) is 11.9. The van der Waals surface area contributed by atoms with Gasteiger partial charge in [-0.15, -0.1) is 13.2 Å². The SMILES string of the molecule is Cc1cc(C2CC2Cc2nc(-c3cccnc3)c(-c3ccc(OC(F)(F)F)cc3)o2)ccc1OCC(=O)O. The molecular weight excluding hydrogens is 501 g/mol. The first-order chi connectivity index (χ1) is 18.2. The number of carboxylic acids is 1. The van der Waals surface area contributed by atoms with E-state index in [-0.39, 0.29) is 5.75 Å². The van der Waals surface area contributed by atoms with Crippen molar-refractivity contribution in [3.8, 4) is 34.1 Å². The van der Waals surface area contributed by atoms with Crippen LogP contribution in [0.3, 0.4) is 0 Å². The highest BCUT2D eigenvalue weighted by atomic mass is 19.4. The Bertz CT molecular complexity index is 1440. The molecule has 1 N–H and O–H groups in total. The average molecular weight is 524 g/mol. The van der Waals surface area contributed by atoms with E-state index in [0.29, 0.717) is 46.9 Å². The van der Waals surface area contributed by atoms with Crippen molar-refractivity contribution in [1.29, 1.82) is 0 Å². The lowest BCUT2D eigenvalue weighted by atomic mass is 10.0. The highest BCUT2D eigenvalue weighted by Crippen LogP contribution is 2.50. The third-order valence-electron chi connectivity index (χ3n) is 6.29. The Balaban J connectivity index is 1.35. The van der Waals surface area contributed by atoms with Crippen molar-refractivity contribution in [1.82, 2.24) is 9.97 Å². The van der Waals surface area contributed by atoms with Gasteiger partial charge in [0.1, 0.15) is 17.2 Å². The van der Waals surface area contributed by atoms with Crippen LogP contribution in [0.2, 0.25) is 0 Å². The number of oxazole rings is 1. The molecule has 10 heteroatoms. The number of carboxylic acid groups (broad SMARTS) is 1. The van der Waals surface area contributed by atoms with E-state index < -0.39 is 18.9 Å². The minimum atomic E-state index is -4.77. The largest absolute Gasteiger partial charge is 0.573 e. The first kappa shape index (κ1) is 25.3. The number of carbonyl (C=O) groups is 1. The molecule has 1 aliphatic carbocycles. The van der Waals surface area contributed by atoms with Crippen LogP contribution >= 0.6 is 0 Å². The fourth-order valence-corrected chi connectivity index (χ4v) is 4.46. The van der Waals surface area contributed by atoms with Gasteiger partial charge in [0.25, 0.3) is 0 Å². The van der Waals surface area contributed by atoms with E-state index in [9.17, 15) is 18.0 Å². The first-order valence-electron chi connectivity index (χ1n) is 11.9. The quantitative estimate of drug-likeness (QED) is 0.270. The Morgan fingerprint density at radius 3 is 2.58 bits per heavy atom.